The summed E-state index contributed by atoms with van der Waals surface area (Å²) in [7, 11) is 0. The summed E-state index contributed by atoms with van der Waals surface area (Å²) in [6.45, 7) is -3.32. The van der Waals surface area contributed by atoms with E-state index < -0.39 is 73.6 Å². The Hall–Kier alpha value is -1.66. The second-order valence-corrected chi connectivity index (χ2v) is 12.7. The van der Waals surface area contributed by atoms with Gasteiger partial charge in [-0.25, -0.2) is 0 Å². The van der Waals surface area contributed by atoms with Gasteiger partial charge in [0.15, 0.2) is 0 Å². The van der Waals surface area contributed by atoms with Crippen LogP contribution in [0.15, 0.2) is 0 Å². The summed E-state index contributed by atoms with van der Waals surface area (Å²) in [6, 6.07) is 0. The standard InChI is InChI=1S/C32H49F15O4/c1-2-3-4-5-6-7-8-9-10-11-12-13-14-15-16-17-18-19-20-25(49)51-22-24(48)21-50-23-26(33,34)27(35,36)28(37,38)29(39,40)30(41,42)31(43,44)32(45,46)47/h24,48H,2-23H2,1H3. The molecule has 4 nitrogen and oxygen atoms in total. The lowest BCUT2D eigenvalue weighted by Gasteiger charge is -2.41. The van der Waals surface area contributed by atoms with Crippen molar-refractivity contribution in [3.63, 3.8) is 0 Å². The van der Waals surface area contributed by atoms with Crippen molar-refractivity contribution in [3.8, 4) is 0 Å². The summed E-state index contributed by atoms with van der Waals surface area (Å²) in [5.74, 6) is -48.1. The zero-order valence-electron chi connectivity index (χ0n) is 28.5. The Morgan fingerprint density at radius 1 is 0.490 bits per heavy atom. The van der Waals surface area contributed by atoms with Gasteiger partial charge >= 0.3 is 47.7 Å². The van der Waals surface area contributed by atoms with Crippen molar-refractivity contribution in [1.29, 1.82) is 0 Å². The highest BCUT2D eigenvalue weighted by Crippen LogP contribution is 2.62. The molecule has 0 aromatic rings. The summed E-state index contributed by atoms with van der Waals surface area (Å²) < 4.78 is 207. The largest absolute Gasteiger partial charge is 0.463 e. The molecule has 1 unspecified atom stereocenters. The maximum absolute atomic E-state index is 13.8. The van der Waals surface area contributed by atoms with E-state index in [0.29, 0.717) is 12.8 Å². The molecule has 19 heteroatoms. The maximum atomic E-state index is 13.8. The number of hydrogen-bond donors (Lipinski definition) is 1. The van der Waals surface area contributed by atoms with Crippen molar-refractivity contribution in [3.05, 3.63) is 0 Å². The number of aliphatic hydroxyl groups excluding tert-OH is 1. The first-order chi connectivity index (χ1) is 23.3. The topological polar surface area (TPSA) is 55.8 Å². The third-order valence-corrected chi connectivity index (χ3v) is 8.16. The number of rotatable bonds is 30. The highest BCUT2D eigenvalue weighted by atomic mass is 19.4. The lowest BCUT2D eigenvalue weighted by atomic mass is 9.91. The van der Waals surface area contributed by atoms with Gasteiger partial charge in [0.05, 0.1) is 6.61 Å². The third kappa shape index (κ3) is 14.6. The molecule has 306 valence electrons. The van der Waals surface area contributed by atoms with E-state index in [4.69, 9.17) is 0 Å². The molecule has 0 aromatic carbocycles. The van der Waals surface area contributed by atoms with Crippen LogP contribution in [0.2, 0.25) is 0 Å². The van der Waals surface area contributed by atoms with Gasteiger partial charge in [-0.2, -0.15) is 65.9 Å². The normalized spacial score (nSPS) is 14.6. The Kier molecular flexibility index (Phi) is 21.2. The van der Waals surface area contributed by atoms with Crippen LogP contribution in [0.1, 0.15) is 129 Å². The first-order valence-corrected chi connectivity index (χ1v) is 17.1. The predicted octanol–water partition coefficient (Wildman–Crippen LogP) is 11.7. The van der Waals surface area contributed by atoms with Crippen LogP contribution in [0, 0.1) is 0 Å². The van der Waals surface area contributed by atoms with Gasteiger partial charge in [0, 0.05) is 6.42 Å². The number of aliphatic hydroxyl groups is 1. The fraction of sp³-hybridized carbons (Fsp3) is 0.969. The summed E-state index contributed by atoms with van der Waals surface area (Å²) in [5.41, 5.74) is 0. The van der Waals surface area contributed by atoms with Gasteiger partial charge < -0.3 is 14.6 Å². The van der Waals surface area contributed by atoms with E-state index in [9.17, 15) is 75.8 Å². The fourth-order valence-corrected chi connectivity index (χ4v) is 4.89. The quantitative estimate of drug-likeness (QED) is 0.0448. The Morgan fingerprint density at radius 3 is 1.20 bits per heavy atom. The first kappa shape index (κ1) is 49.3. The Balaban J connectivity index is 4.34. The van der Waals surface area contributed by atoms with E-state index in [0.717, 1.165) is 32.1 Å². The van der Waals surface area contributed by atoms with Crippen molar-refractivity contribution in [2.75, 3.05) is 19.8 Å². The number of halogens is 15. The van der Waals surface area contributed by atoms with E-state index in [1.807, 2.05) is 0 Å². The van der Waals surface area contributed by atoms with E-state index in [1.54, 1.807) is 0 Å². The minimum absolute atomic E-state index is 0.127. The predicted molar refractivity (Wildman–Crippen MR) is 157 cm³/mol. The molecule has 0 aliphatic heterocycles. The lowest BCUT2D eigenvalue weighted by molar-refractivity contribution is -0.453. The molecular weight excluding hydrogens is 733 g/mol. The molecule has 1 atom stereocenters. The van der Waals surface area contributed by atoms with Gasteiger partial charge in [0.1, 0.15) is 19.3 Å². The Bertz CT molecular complexity index is 960. The molecule has 0 spiro atoms. The van der Waals surface area contributed by atoms with Crippen LogP contribution in [0.5, 0.6) is 0 Å². The van der Waals surface area contributed by atoms with Gasteiger partial charge in [-0.05, 0) is 6.42 Å². The average molecular weight is 783 g/mol. The number of carbonyl (C=O) groups excluding carboxylic acids is 1. The van der Waals surface area contributed by atoms with Crippen LogP contribution in [-0.2, 0) is 14.3 Å². The minimum Gasteiger partial charge on any atom is -0.463 e. The monoisotopic (exact) mass is 782 g/mol. The molecule has 0 radical (unpaired) electrons. The molecule has 0 aromatic heterocycles. The Morgan fingerprint density at radius 2 is 0.824 bits per heavy atom. The number of unbranched alkanes of at least 4 members (excludes halogenated alkanes) is 17. The highest BCUT2D eigenvalue weighted by Gasteiger charge is 2.93. The minimum atomic E-state index is -8.38. The van der Waals surface area contributed by atoms with E-state index >= 15 is 0 Å². The third-order valence-electron chi connectivity index (χ3n) is 8.16. The summed E-state index contributed by atoms with van der Waals surface area (Å²) in [6.07, 6.45) is 10.2. The zero-order chi connectivity index (χ0) is 39.6. The van der Waals surface area contributed by atoms with Crippen molar-refractivity contribution < 1.29 is 85.2 Å². The van der Waals surface area contributed by atoms with Crippen molar-refractivity contribution in [2.24, 2.45) is 0 Å². The number of esters is 1. The molecule has 0 aliphatic rings. The molecule has 0 aliphatic carbocycles. The number of ether oxygens (including phenoxy) is 2. The molecule has 0 amide bonds. The smallest absolute Gasteiger partial charge is 0.460 e. The molecule has 0 heterocycles. The molecule has 1 N–H and O–H groups in total. The Labute approximate surface area is 288 Å². The zero-order valence-corrected chi connectivity index (χ0v) is 28.5. The second kappa shape index (κ2) is 21.9. The van der Waals surface area contributed by atoms with Gasteiger partial charge in [0.25, 0.3) is 0 Å². The average Bonchev–Trinajstić information content (AvgIpc) is 3.02. The van der Waals surface area contributed by atoms with Crippen LogP contribution in [-0.4, -0.2) is 78.7 Å². The van der Waals surface area contributed by atoms with E-state index in [1.165, 1.54) is 70.6 Å². The first-order valence-electron chi connectivity index (χ1n) is 17.1. The second-order valence-electron chi connectivity index (χ2n) is 12.7. The molecule has 0 fully saturated rings. The van der Waals surface area contributed by atoms with Crippen LogP contribution >= 0.6 is 0 Å². The number of alkyl halides is 15. The molecule has 51 heavy (non-hydrogen) atoms. The highest BCUT2D eigenvalue weighted by molar-refractivity contribution is 5.69. The van der Waals surface area contributed by atoms with Gasteiger partial charge in [-0.1, -0.05) is 116 Å². The van der Waals surface area contributed by atoms with Gasteiger partial charge in [-0.3, -0.25) is 4.79 Å². The number of carbonyl (C=O) groups is 1. The van der Waals surface area contributed by atoms with E-state index in [2.05, 4.69) is 16.4 Å². The molecular formula is C32H49F15O4. The lowest BCUT2D eigenvalue weighted by Crippen LogP contribution is -2.73. The van der Waals surface area contributed by atoms with Crippen molar-refractivity contribution in [2.45, 2.75) is 177 Å². The molecule has 0 rings (SSSR count). The van der Waals surface area contributed by atoms with E-state index in [-0.39, 0.29) is 6.42 Å². The summed E-state index contributed by atoms with van der Waals surface area (Å²) in [5, 5.41) is 9.60. The van der Waals surface area contributed by atoms with Crippen LogP contribution in [0.25, 0.3) is 0 Å². The molecule has 0 saturated carbocycles. The van der Waals surface area contributed by atoms with Crippen LogP contribution in [0.4, 0.5) is 65.9 Å². The van der Waals surface area contributed by atoms with Crippen LogP contribution in [0.3, 0.4) is 0 Å². The maximum Gasteiger partial charge on any atom is 0.460 e. The van der Waals surface area contributed by atoms with Crippen LogP contribution < -0.4 is 0 Å². The fourth-order valence-electron chi connectivity index (χ4n) is 4.89. The molecule has 0 saturated heterocycles. The van der Waals surface area contributed by atoms with Crippen molar-refractivity contribution >= 4 is 5.97 Å². The SMILES string of the molecule is CCCCCCCCCCCCCCCCCCCCC(=O)OCC(O)COCC(F)(F)C(F)(F)C(F)(F)C(F)(F)C(F)(F)C(F)(F)C(F)(F)F. The van der Waals surface area contributed by atoms with Crippen molar-refractivity contribution in [1.82, 2.24) is 0 Å². The summed E-state index contributed by atoms with van der Waals surface area (Å²) >= 11 is 0. The number of hydrogen-bond acceptors (Lipinski definition) is 4. The van der Waals surface area contributed by atoms with Gasteiger partial charge in [-0.15, -0.1) is 0 Å². The van der Waals surface area contributed by atoms with Gasteiger partial charge in [0.2, 0.25) is 0 Å². The molecule has 0 bridgehead atoms. The summed E-state index contributed by atoms with van der Waals surface area (Å²) in [4.78, 5) is 11.8.